The molecule has 5 heteroatoms. The molecule has 1 saturated carbocycles. The van der Waals surface area contributed by atoms with Crippen LogP contribution in [-0.4, -0.2) is 34.3 Å². The molecule has 3 atom stereocenters. The summed E-state index contributed by atoms with van der Waals surface area (Å²) >= 11 is 0. The molecule has 1 aliphatic carbocycles. The molecule has 2 amide bonds. The Bertz CT molecular complexity index is 561. The molecule has 1 aliphatic heterocycles. The number of hydrogen-bond donors (Lipinski definition) is 1. The van der Waals surface area contributed by atoms with Crippen LogP contribution in [0.1, 0.15) is 30.7 Å². The predicted octanol–water partition coefficient (Wildman–Crippen LogP) is 1.64. The van der Waals surface area contributed by atoms with Crippen LogP contribution in [-0.2, 0) is 14.4 Å². The van der Waals surface area contributed by atoms with Crippen molar-refractivity contribution in [1.82, 2.24) is 4.90 Å². The van der Waals surface area contributed by atoms with Gasteiger partial charge in [-0.25, -0.2) is 0 Å². The van der Waals surface area contributed by atoms with Crippen LogP contribution >= 0.6 is 0 Å². The van der Waals surface area contributed by atoms with E-state index < -0.39 is 11.9 Å². The molecule has 2 fully saturated rings. The first-order valence-corrected chi connectivity index (χ1v) is 7.22. The average molecular weight is 287 g/mol. The van der Waals surface area contributed by atoms with E-state index in [-0.39, 0.29) is 30.2 Å². The number of fused-ring (bicyclic) bond motifs is 1. The number of rotatable bonds is 4. The molecule has 2 aliphatic rings. The number of carboxylic acid groups (broad SMARTS) is 1. The van der Waals surface area contributed by atoms with Crippen molar-refractivity contribution >= 4 is 17.8 Å². The number of imide groups is 1. The Morgan fingerprint density at radius 1 is 1.14 bits per heavy atom. The number of carboxylic acids is 1. The van der Waals surface area contributed by atoms with Crippen LogP contribution in [0.3, 0.4) is 0 Å². The zero-order chi connectivity index (χ0) is 15.0. The van der Waals surface area contributed by atoms with Crippen molar-refractivity contribution in [2.45, 2.75) is 25.2 Å². The van der Waals surface area contributed by atoms with Crippen LogP contribution in [0.2, 0.25) is 0 Å². The molecule has 5 nitrogen and oxygen atoms in total. The second kappa shape index (κ2) is 5.31. The minimum absolute atomic E-state index is 0.0655. The largest absolute Gasteiger partial charge is 0.481 e. The van der Waals surface area contributed by atoms with Gasteiger partial charge < -0.3 is 5.11 Å². The number of amides is 2. The Kier molecular flexibility index (Phi) is 3.49. The highest BCUT2D eigenvalue weighted by Crippen LogP contribution is 2.40. The highest BCUT2D eigenvalue weighted by molar-refractivity contribution is 6.05. The van der Waals surface area contributed by atoms with Crippen molar-refractivity contribution in [2.24, 2.45) is 11.8 Å². The van der Waals surface area contributed by atoms with Crippen LogP contribution in [0.4, 0.5) is 0 Å². The summed E-state index contributed by atoms with van der Waals surface area (Å²) in [6.07, 6.45) is 2.39. The van der Waals surface area contributed by atoms with Gasteiger partial charge in [0.05, 0.1) is 17.8 Å². The first kappa shape index (κ1) is 13.8. The summed E-state index contributed by atoms with van der Waals surface area (Å²) in [6.45, 7) is -0.0655. The zero-order valence-corrected chi connectivity index (χ0v) is 11.6. The smallest absolute Gasteiger partial charge is 0.312 e. The van der Waals surface area contributed by atoms with Gasteiger partial charge in [-0.05, 0) is 18.4 Å². The van der Waals surface area contributed by atoms with Crippen molar-refractivity contribution in [1.29, 1.82) is 0 Å². The molecular formula is C16H17NO4. The standard InChI is InChI=1S/C16H17NO4/c18-14-11-7-4-8-12(11)15(19)17(14)9-13(16(20)21)10-5-2-1-3-6-10/h1-3,5-6,11-13H,4,7-9H2,(H,20,21). The van der Waals surface area contributed by atoms with Crippen LogP contribution in [0.15, 0.2) is 30.3 Å². The third-order valence-electron chi connectivity index (χ3n) is 4.55. The summed E-state index contributed by atoms with van der Waals surface area (Å²) in [5.41, 5.74) is 0.614. The Hall–Kier alpha value is -2.17. The molecule has 1 aromatic carbocycles. The minimum atomic E-state index is -1.01. The van der Waals surface area contributed by atoms with Gasteiger partial charge in [0.15, 0.2) is 0 Å². The van der Waals surface area contributed by atoms with Crippen LogP contribution in [0, 0.1) is 11.8 Å². The van der Waals surface area contributed by atoms with Gasteiger partial charge in [0.2, 0.25) is 11.8 Å². The number of carbonyl (C=O) groups excluding carboxylic acids is 2. The summed E-state index contributed by atoms with van der Waals surface area (Å²) in [5, 5.41) is 9.41. The lowest BCUT2D eigenvalue weighted by Gasteiger charge is -2.21. The molecule has 0 spiro atoms. The van der Waals surface area contributed by atoms with Crippen LogP contribution < -0.4 is 0 Å². The fourth-order valence-corrected chi connectivity index (χ4v) is 3.43. The van der Waals surface area contributed by atoms with Gasteiger partial charge in [0.1, 0.15) is 0 Å². The highest BCUT2D eigenvalue weighted by atomic mass is 16.4. The van der Waals surface area contributed by atoms with E-state index in [2.05, 4.69) is 0 Å². The number of carbonyl (C=O) groups is 3. The monoisotopic (exact) mass is 287 g/mol. The maximum Gasteiger partial charge on any atom is 0.312 e. The first-order chi connectivity index (χ1) is 10.1. The second-order valence-corrected chi connectivity index (χ2v) is 5.73. The quantitative estimate of drug-likeness (QED) is 0.854. The number of aliphatic carboxylic acids is 1. The van der Waals surface area contributed by atoms with Gasteiger partial charge in [-0.1, -0.05) is 36.8 Å². The van der Waals surface area contributed by atoms with E-state index in [9.17, 15) is 19.5 Å². The maximum absolute atomic E-state index is 12.3. The van der Waals surface area contributed by atoms with Crippen molar-refractivity contribution in [3.8, 4) is 0 Å². The second-order valence-electron chi connectivity index (χ2n) is 5.73. The van der Waals surface area contributed by atoms with E-state index in [0.717, 1.165) is 19.3 Å². The lowest BCUT2D eigenvalue weighted by atomic mass is 9.98. The Morgan fingerprint density at radius 3 is 2.24 bits per heavy atom. The fraction of sp³-hybridized carbons (Fsp3) is 0.438. The number of nitrogens with zero attached hydrogens (tertiary/aromatic N) is 1. The van der Waals surface area contributed by atoms with Crippen molar-refractivity contribution in [3.63, 3.8) is 0 Å². The molecule has 21 heavy (non-hydrogen) atoms. The molecule has 1 aromatic rings. The summed E-state index contributed by atoms with van der Waals surface area (Å²) in [7, 11) is 0. The molecule has 3 rings (SSSR count). The molecule has 0 bridgehead atoms. The molecular weight excluding hydrogens is 270 g/mol. The van der Waals surface area contributed by atoms with Crippen LogP contribution in [0.25, 0.3) is 0 Å². The SMILES string of the molecule is O=C(O)C(CN1C(=O)C2CCCC2C1=O)c1ccccc1. The highest BCUT2D eigenvalue weighted by Gasteiger charge is 2.50. The van der Waals surface area contributed by atoms with E-state index in [1.165, 1.54) is 4.90 Å². The molecule has 1 heterocycles. The number of hydrogen-bond acceptors (Lipinski definition) is 3. The van der Waals surface area contributed by atoms with Gasteiger partial charge in [-0.15, -0.1) is 0 Å². The molecule has 0 aromatic heterocycles. The summed E-state index contributed by atoms with van der Waals surface area (Å²) in [5.74, 6) is -2.70. The van der Waals surface area contributed by atoms with Gasteiger partial charge in [0, 0.05) is 6.54 Å². The summed E-state index contributed by atoms with van der Waals surface area (Å²) < 4.78 is 0. The maximum atomic E-state index is 12.3. The Balaban J connectivity index is 1.82. The number of benzene rings is 1. The van der Waals surface area contributed by atoms with E-state index in [0.29, 0.717) is 5.56 Å². The van der Waals surface area contributed by atoms with Gasteiger partial charge in [-0.2, -0.15) is 0 Å². The van der Waals surface area contributed by atoms with Crippen molar-refractivity contribution in [3.05, 3.63) is 35.9 Å². The summed E-state index contributed by atoms with van der Waals surface area (Å²) in [4.78, 5) is 37.3. The molecule has 3 unspecified atom stereocenters. The Morgan fingerprint density at radius 2 is 1.71 bits per heavy atom. The average Bonchev–Trinajstić information content (AvgIpc) is 3.03. The van der Waals surface area contributed by atoms with Gasteiger partial charge in [-0.3, -0.25) is 19.3 Å². The Labute approximate surface area is 122 Å². The fourth-order valence-electron chi connectivity index (χ4n) is 3.43. The van der Waals surface area contributed by atoms with Gasteiger partial charge >= 0.3 is 5.97 Å². The molecule has 1 N–H and O–H groups in total. The lowest BCUT2D eigenvalue weighted by molar-refractivity contribution is -0.143. The topological polar surface area (TPSA) is 74.7 Å². The predicted molar refractivity (Wildman–Crippen MR) is 74.4 cm³/mol. The summed E-state index contributed by atoms with van der Waals surface area (Å²) in [6, 6.07) is 8.75. The van der Waals surface area contributed by atoms with Gasteiger partial charge in [0.25, 0.3) is 0 Å². The normalized spacial score (nSPS) is 26.0. The minimum Gasteiger partial charge on any atom is -0.481 e. The lowest BCUT2D eigenvalue weighted by Crippen LogP contribution is -2.37. The van der Waals surface area contributed by atoms with Crippen LogP contribution in [0.5, 0.6) is 0 Å². The molecule has 0 radical (unpaired) electrons. The zero-order valence-electron chi connectivity index (χ0n) is 11.6. The van der Waals surface area contributed by atoms with Crippen molar-refractivity contribution in [2.75, 3.05) is 6.54 Å². The van der Waals surface area contributed by atoms with E-state index in [4.69, 9.17) is 0 Å². The first-order valence-electron chi connectivity index (χ1n) is 7.22. The van der Waals surface area contributed by atoms with E-state index in [1.807, 2.05) is 0 Å². The third kappa shape index (κ3) is 2.33. The molecule has 110 valence electrons. The third-order valence-corrected chi connectivity index (χ3v) is 4.55. The molecule has 1 saturated heterocycles. The van der Waals surface area contributed by atoms with E-state index in [1.54, 1.807) is 30.3 Å². The number of likely N-dealkylation sites (tertiary alicyclic amines) is 1. The van der Waals surface area contributed by atoms with Crippen molar-refractivity contribution < 1.29 is 19.5 Å². The van der Waals surface area contributed by atoms with E-state index >= 15 is 0 Å².